The number of anilines is 2. The standard InChI is InChI=1S/C58H57ClF4N10O10/c1-6-57(78)35-15-39-47-33(21-73(39)52(75)34(35)24-79-53(57)76)45(31-14-40-41(83-25-82-40)16-37(31)65-47)56-17-29(18-56)38(19-56)66-55(77)81-22-27(3)51(74)71-10-11-72(28(4)20-71)50-32-13-36(59)43(49-44(58(61,62)63)26(2)12-42(64)67-49)46(60)48(32)68-54(69-50)80-23-30-8-7-9-70(30)5/h12-16,28-30,38,78H,3,6-11,17-25H2,1-2,4-5H3,(H2,64,67)(H,66,77)/t28-,29?,30-,38?,56?,57-/m0/s1. The van der Waals surface area contributed by atoms with Crippen molar-refractivity contribution >= 4 is 63.0 Å². The van der Waals surface area contributed by atoms with E-state index in [4.69, 9.17) is 51.0 Å². The first-order chi connectivity index (χ1) is 39.5. The normalized spacial score (nSPS) is 24.1. The number of hydrogen-bond donors (Lipinski definition) is 3. The van der Waals surface area contributed by atoms with Crippen LogP contribution in [0.5, 0.6) is 17.5 Å². The van der Waals surface area contributed by atoms with Crippen LogP contribution in [0, 0.1) is 18.7 Å². The molecule has 5 fully saturated rings. The SMILES string of the molecule is C=C(COC(=O)NC1CC2(c3c4c(nc5cc6c(cc35)OCO6)-c3cc5c(c(=O)n3C4)COC(=O)[C@]5(O)CC)CC1C2)C(=O)N1CCN(c2nc(OC[C@@H]3CCCN3C)nc3c(F)c(-c4nc(N)cc(C)c4C(F)(F)F)c(Cl)cc23)[C@@H](C)C1. The lowest BCUT2D eigenvalue weighted by Gasteiger charge is -2.41. The van der Waals surface area contributed by atoms with Crippen LogP contribution in [-0.4, -0.2) is 129 Å². The van der Waals surface area contributed by atoms with Crippen LogP contribution in [0.25, 0.3) is 44.5 Å². The number of halogens is 5. The summed E-state index contributed by atoms with van der Waals surface area (Å²) in [5, 5.41) is 15.1. The number of nitrogens with zero attached hydrogens (tertiary/aromatic N) is 8. The van der Waals surface area contributed by atoms with E-state index in [0.29, 0.717) is 47.7 Å². The number of nitrogen functional groups attached to an aromatic ring is 1. The van der Waals surface area contributed by atoms with Gasteiger partial charge in [-0.25, -0.2) is 23.9 Å². The van der Waals surface area contributed by atoms with Gasteiger partial charge in [-0.15, -0.1) is 0 Å². The van der Waals surface area contributed by atoms with Gasteiger partial charge < -0.3 is 59.1 Å². The van der Waals surface area contributed by atoms with E-state index in [-0.39, 0.29) is 132 Å². The number of likely N-dealkylation sites (N-methyl/N-ethyl adjacent to an activating group) is 1. The first-order valence-corrected chi connectivity index (χ1v) is 27.9. The number of rotatable bonds is 11. The summed E-state index contributed by atoms with van der Waals surface area (Å²) in [5.41, 5.74) is 3.69. The Balaban J connectivity index is 0.709. The summed E-state index contributed by atoms with van der Waals surface area (Å²) in [4.78, 5) is 78.5. The number of alkyl carbamates (subject to hydrolysis) is 1. The minimum atomic E-state index is -4.94. The number of nitrogens with two attached hydrogens (primary N) is 1. The van der Waals surface area contributed by atoms with Crippen molar-refractivity contribution in [3.8, 4) is 40.2 Å². The molecule has 3 aliphatic carbocycles. The zero-order valence-corrected chi connectivity index (χ0v) is 46.4. The van der Waals surface area contributed by atoms with Gasteiger partial charge in [-0.05, 0) is 113 Å². The molecular weight excluding hydrogens is 1110 g/mol. The van der Waals surface area contributed by atoms with E-state index in [2.05, 4.69) is 26.8 Å². The molecule has 434 valence electrons. The molecule has 4 atom stereocenters. The molecule has 2 bridgehead atoms. The van der Waals surface area contributed by atoms with Crippen molar-refractivity contribution < 1.29 is 60.7 Å². The summed E-state index contributed by atoms with van der Waals surface area (Å²) in [7, 11) is 1.95. The van der Waals surface area contributed by atoms with E-state index in [0.717, 1.165) is 42.0 Å². The molecule has 4 N–H and O–H groups in total. The molecule has 0 radical (unpaired) electrons. The Morgan fingerprint density at radius 1 is 0.988 bits per heavy atom. The number of benzene rings is 2. The molecule has 20 nitrogen and oxygen atoms in total. The summed E-state index contributed by atoms with van der Waals surface area (Å²) < 4.78 is 91.1. The average Bonchev–Trinajstić information content (AvgIpc) is 1.77. The fourth-order valence-corrected chi connectivity index (χ4v) is 14.2. The average molecular weight is 1170 g/mol. The predicted octanol–water partition coefficient (Wildman–Crippen LogP) is 7.43. The first-order valence-electron chi connectivity index (χ1n) is 27.5. The van der Waals surface area contributed by atoms with Crippen LogP contribution in [0.15, 0.2) is 47.3 Å². The molecule has 5 aliphatic heterocycles. The third kappa shape index (κ3) is 8.75. The quantitative estimate of drug-likeness (QED) is 0.0648. The molecule has 83 heavy (non-hydrogen) atoms. The van der Waals surface area contributed by atoms with Gasteiger partial charge in [0.1, 0.15) is 37.0 Å². The lowest BCUT2D eigenvalue weighted by atomic mass is 9.63. The molecule has 2 saturated heterocycles. The molecule has 0 spiro atoms. The second kappa shape index (κ2) is 19.6. The number of piperazine rings is 1. The van der Waals surface area contributed by atoms with Crippen LogP contribution in [-0.2, 0) is 49.4 Å². The number of aromatic nitrogens is 5. The van der Waals surface area contributed by atoms with E-state index in [1.807, 2.05) is 31.0 Å². The molecule has 2 amide bonds. The number of pyridine rings is 3. The van der Waals surface area contributed by atoms with Gasteiger partial charge in [-0.3, -0.25) is 9.59 Å². The summed E-state index contributed by atoms with van der Waals surface area (Å²) in [6.07, 6.45) is -1.96. The van der Waals surface area contributed by atoms with E-state index < -0.39 is 70.4 Å². The highest BCUT2D eigenvalue weighted by Gasteiger charge is 2.59. The van der Waals surface area contributed by atoms with Crippen LogP contribution in [0.1, 0.15) is 85.8 Å². The van der Waals surface area contributed by atoms with Crippen LogP contribution < -0.4 is 35.7 Å². The van der Waals surface area contributed by atoms with Crippen molar-refractivity contribution in [3.05, 3.63) is 97.1 Å². The number of ether oxygens (including phenoxy) is 5. The first kappa shape index (κ1) is 54.4. The number of cyclic esters (lactones) is 1. The number of aryl methyl sites for hydroxylation is 1. The van der Waals surface area contributed by atoms with Crippen molar-refractivity contribution in [1.29, 1.82) is 0 Å². The maximum absolute atomic E-state index is 17.1. The van der Waals surface area contributed by atoms with E-state index in [9.17, 15) is 37.5 Å². The number of amides is 2. The molecule has 14 rings (SSSR count). The maximum Gasteiger partial charge on any atom is 0.418 e. The van der Waals surface area contributed by atoms with Crippen LogP contribution >= 0.6 is 11.6 Å². The second-order valence-electron chi connectivity index (χ2n) is 23.0. The van der Waals surface area contributed by atoms with Crippen molar-refractivity contribution in [3.63, 3.8) is 0 Å². The molecule has 3 saturated carbocycles. The van der Waals surface area contributed by atoms with Crippen molar-refractivity contribution in [1.82, 2.24) is 39.6 Å². The van der Waals surface area contributed by atoms with E-state index in [1.54, 1.807) is 22.5 Å². The Hall–Kier alpha value is -7.83. The summed E-state index contributed by atoms with van der Waals surface area (Å²) >= 11 is 6.73. The molecule has 1 unspecified atom stereocenters. The Bertz CT molecular complexity index is 3890. The minimum absolute atomic E-state index is 0.00145. The van der Waals surface area contributed by atoms with Crippen LogP contribution in [0.4, 0.5) is 34.0 Å². The zero-order valence-electron chi connectivity index (χ0n) is 45.7. The number of esters is 1. The molecule has 9 heterocycles. The number of nitrogens with one attached hydrogen (secondary N) is 1. The Labute approximate surface area is 476 Å². The molecule has 2 aromatic carbocycles. The minimum Gasteiger partial charge on any atom is -0.462 e. The lowest BCUT2D eigenvalue weighted by Crippen LogP contribution is -2.54. The highest BCUT2D eigenvalue weighted by Crippen LogP contribution is 2.63. The molecule has 4 aromatic heterocycles. The third-order valence-electron chi connectivity index (χ3n) is 18.0. The predicted molar refractivity (Wildman–Crippen MR) is 294 cm³/mol. The monoisotopic (exact) mass is 1160 g/mol. The van der Waals surface area contributed by atoms with E-state index >= 15 is 4.39 Å². The molecule has 25 heteroatoms. The molecule has 8 aliphatic rings. The van der Waals surface area contributed by atoms with Gasteiger partial charge in [0.2, 0.25) is 6.79 Å². The van der Waals surface area contributed by atoms with Crippen LogP contribution in [0.3, 0.4) is 0 Å². The molecule has 6 aromatic rings. The highest BCUT2D eigenvalue weighted by atomic mass is 35.5. The fraction of sp³-hybridized carbons (Fsp3) is 0.448. The van der Waals surface area contributed by atoms with Crippen molar-refractivity contribution in [2.75, 3.05) is 63.9 Å². The Morgan fingerprint density at radius 2 is 1.76 bits per heavy atom. The Morgan fingerprint density at radius 3 is 2.48 bits per heavy atom. The number of carbonyl (C=O) groups is 3. The van der Waals surface area contributed by atoms with Gasteiger partial charge in [0.05, 0.1) is 50.9 Å². The van der Waals surface area contributed by atoms with Crippen molar-refractivity contribution in [2.45, 2.75) is 108 Å². The largest absolute Gasteiger partial charge is 0.462 e. The number of carbonyl (C=O) groups excluding carboxylic acids is 3. The number of aliphatic hydroxyl groups is 1. The number of hydrogen-bond acceptors (Lipinski definition) is 17. The molecular formula is C58H57ClF4N10O10. The van der Waals surface area contributed by atoms with E-state index in [1.165, 1.54) is 13.0 Å². The van der Waals surface area contributed by atoms with Gasteiger partial charge in [0, 0.05) is 71.3 Å². The van der Waals surface area contributed by atoms with Gasteiger partial charge in [0.15, 0.2) is 22.9 Å². The number of likely N-dealkylation sites (tertiary alicyclic amines) is 1. The Kier molecular flexibility index (Phi) is 12.9. The number of alkyl halides is 3. The van der Waals surface area contributed by atoms with Crippen LogP contribution in [0.2, 0.25) is 5.02 Å². The lowest BCUT2D eigenvalue weighted by molar-refractivity contribution is -0.172. The van der Waals surface area contributed by atoms with Gasteiger partial charge >= 0.3 is 24.2 Å². The van der Waals surface area contributed by atoms with Gasteiger partial charge in [-0.2, -0.15) is 23.1 Å². The van der Waals surface area contributed by atoms with Gasteiger partial charge in [0.25, 0.3) is 11.5 Å². The second-order valence-corrected chi connectivity index (χ2v) is 23.4. The zero-order chi connectivity index (χ0) is 58.3. The highest BCUT2D eigenvalue weighted by molar-refractivity contribution is 6.34. The maximum atomic E-state index is 17.1. The smallest absolute Gasteiger partial charge is 0.418 e. The topological polar surface area (TPSA) is 239 Å². The summed E-state index contributed by atoms with van der Waals surface area (Å²) in [5.74, 6) is -1.40. The number of fused-ring (bicyclic) bond motifs is 8. The summed E-state index contributed by atoms with van der Waals surface area (Å²) in [6.45, 7) is 9.61. The van der Waals surface area contributed by atoms with Crippen molar-refractivity contribution in [2.24, 2.45) is 5.92 Å². The van der Waals surface area contributed by atoms with Gasteiger partial charge in [-0.1, -0.05) is 25.1 Å². The fourth-order valence-electron chi connectivity index (χ4n) is 13.9. The summed E-state index contributed by atoms with van der Waals surface area (Å²) in [6, 6.07) is 6.77. The third-order valence-corrected chi connectivity index (χ3v) is 18.3.